The van der Waals surface area contributed by atoms with Crippen molar-refractivity contribution in [3.05, 3.63) is 57.6 Å². The number of benzene rings is 2. The number of amides is 3. The first-order valence-corrected chi connectivity index (χ1v) is 10.4. The Kier molecular flexibility index (Phi) is 8.75. The zero-order valence-electron chi connectivity index (χ0n) is 17.8. The number of rotatable bonds is 7. The van der Waals surface area contributed by atoms with Crippen LogP contribution in [-0.4, -0.2) is 36.6 Å². The number of carbonyl (C=O) groups is 3. The molecule has 3 amide bonds. The second-order valence-corrected chi connectivity index (χ2v) is 8.01. The number of anilines is 1. The fourth-order valence-corrected chi connectivity index (χ4v) is 2.89. The third-order valence-corrected chi connectivity index (χ3v) is 4.70. The van der Waals surface area contributed by atoms with Crippen LogP contribution in [0.1, 0.15) is 30.5 Å². The molecule has 0 saturated carbocycles. The van der Waals surface area contributed by atoms with E-state index in [0.717, 1.165) is 21.3 Å². The van der Waals surface area contributed by atoms with Crippen LogP contribution in [0.5, 0.6) is 5.75 Å². The summed E-state index contributed by atoms with van der Waals surface area (Å²) in [5, 5.41) is 9.10. The van der Waals surface area contributed by atoms with Crippen molar-refractivity contribution in [1.82, 2.24) is 10.7 Å². The molecule has 0 radical (unpaired) electrons. The zero-order chi connectivity index (χ0) is 23.0. The van der Waals surface area contributed by atoms with Crippen molar-refractivity contribution in [2.75, 3.05) is 11.9 Å². The van der Waals surface area contributed by atoms with Gasteiger partial charge in [-0.05, 0) is 63.1 Å². The molecule has 3 N–H and O–H groups in total. The van der Waals surface area contributed by atoms with Crippen LogP contribution in [0.3, 0.4) is 0 Å². The molecular weight excluding hydrogens is 464 g/mol. The van der Waals surface area contributed by atoms with Gasteiger partial charge in [-0.2, -0.15) is 5.10 Å². The van der Waals surface area contributed by atoms with E-state index in [4.69, 9.17) is 4.74 Å². The predicted octanol–water partition coefficient (Wildman–Crippen LogP) is 3.06. The lowest BCUT2D eigenvalue weighted by molar-refractivity contribution is -0.139. The second kappa shape index (κ2) is 11.3. The molecule has 2 aromatic rings. The fraction of sp³-hybridized carbons (Fsp3) is 0.273. The van der Waals surface area contributed by atoms with Crippen LogP contribution >= 0.6 is 15.9 Å². The number of nitrogens with one attached hydrogen (secondary N) is 3. The summed E-state index contributed by atoms with van der Waals surface area (Å²) in [6, 6.07) is 10.6. The van der Waals surface area contributed by atoms with E-state index in [2.05, 4.69) is 37.1 Å². The van der Waals surface area contributed by atoms with Crippen molar-refractivity contribution in [2.24, 2.45) is 5.10 Å². The highest BCUT2D eigenvalue weighted by Crippen LogP contribution is 2.22. The van der Waals surface area contributed by atoms with Crippen molar-refractivity contribution in [1.29, 1.82) is 0 Å². The fourth-order valence-electron chi connectivity index (χ4n) is 2.51. The number of aryl methyl sites for hydroxylation is 1. The van der Waals surface area contributed by atoms with Gasteiger partial charge in [-0.15, -0.1) is 0 Å². The van der Waals surface area contributed by atoms with E-state index in [-0.39, 0.29) is 18.6 Å². The van der Waals surface area contributed by atoms with Crippen LogP contribution in [-0.2, 0) is 14.4 Å². The van der Waals surface area contributed by atoms with E-state index < -0.39 is 11.8 Å². The average molecular weight is 489 g/mol. The Morgan fingerprint density at radius 2 is 1.87 bits per heavy atom. The summed E-state index contributed by atoms with van der Waals surface area (Å²) in [5.41, 5.74) is 5.47. The summed E-state index contributed by atoms with van der Waals surface area (Å²) in [6.07, 6.45) is 1.34. The Balaban J connectivity index is 2.01. The van der Waals surface area contributed by atoms with Gasteiger partial charge in [-0.1, -0.05) is 28.1 Å². The number of hydrogen-bond donors (Lipinski definition) is 3. The number of ether oxygens (including phenoxy) is 1. The van der Waals surface area contributed by atoms with E-state index in [9.17, 15) is 14.4 Å². The van der Waals surface area contributed by atoms with Crippen molar-refractivity contribution in [2.45, 2.75) is 33.7 Å². The molecule has 0 atom stereocenters. The minimum Gasteiger partial charge on any atom is -0.483 e. The van der Waals surface area contributed by atoms with E-state index >= 15 is 0 Å². The molecule has 8 nitrogen and oxygen atoms in total. The van der Waals surface area contributed by atoms with Gasteiger partial charge in [0, 0.05) is 21.8 Å². The Morgan fingerprint density at radius 1 is 1.13 bits per heavy atom. The SMILES string of the molecule is Cc1cccc(NC(=O)COc2ccc(Br)cc2/C=N\NC(=O)C(=O)NC(C)C)c1C. The van der Waals surface area contributed by atoms with Crippen LogP contribution in [0.15, 0.2) is 46.0 Å². The Bertz CT molecular complexity index is 1010. The minimum absolute atomic E-state index is 0.165. The van der Waals surface area contributed by atoms with Crippen molar-refractivity contribution < 1.29 is 19.1 Å². The standard InChI is InChI=1S/C22H25BrN4O4/c1-13(2)25-21(29)22(30)27-24-11-16-10-17(23)8-9-19(16)31-12-20(28)26-18-7-5-6-14(3)15(18)4/h5-11,13H,12H2,1-4H3,(H,25,29)(H,26,28)(H,27,30)/b24-11-. The quantitative estimate of drug-likeness (QED) is 0.316. The van der Waals surface area contributed by atoms with Gasteiger partial charge in [0.15, 0.2) is 6.61 Å². The molecule has 31 heavy (non-hydrogen) atoms. The smallest absolute Gasteiger partial charge is 0.329 e. The molecule has 0 unspecified atom stereocenters. The first-order chi connectivity index (χ1) is 14.7. The molecule has 0 spiro atoms. The van der Waals surface area contributed by atoms with E-state index in [1.54, 1.807) is 32.0 Å². The topological polar surface area (TPSA) is 109 Å². The van der Waals surface area contributed by atoms with Gasteiger partial charge in [0.2, 0.25) is 0 Å². The molecule has 0 aromatic heterocycles. The molecular formula is C22H25BrN4O4. The van der Waals surface area contributed by atoms with Gasteiger partial charge in [0.1, 0.15) is 5.75 Å². The summed E-state index contributed by atoms with van der Waals surface area (Å²) in [4.78, 5) is 35.7. The largest absolute Gasteiger partial charge is 0.483 e. The molecule has 2 aromatic carbocycles. The summed E-state index contributed by atoms with van der Waals surface area (Å²) in [7, 11) is 0. The van der Waals surface area contributed by atoms with Crippen molar-refractivity contribution in [3.8, 4) is 5.75 Å². The lowest BCUT2D eigenvalue weighted by Gasteiger charge is -2.12. The maximum absolute atomic E-state index is 12.3. The summed E-state index contributed by atoms with van der Waals surface area (Å²) in [6.45, 7) is 7.19. The summed E-state index contributed by atoms with van der Waals surface area (Å²) >= 11 is 3.36. The van der Waals surface area contributed by atoms with Gasteiger partial charge < -0.3 is 15.4 Å². The molecule has 0 bridgehead atoms. The van der Waals surface area contributed by atoms with Gasteiger partial charge in [0.25, 0.3) is 5.91 Å². The molecule has 0 aliphatic carbocycles. The molecule has 0 aliphatic heterocycles. The van der Waals surface area contributed by atoms with Crippen LogP contribution in [0.4, 0.5) is 5.69 Å². The van der Waals surface area contributed by atoms with Crippen LogP contribution < -0.4 is 20.8 Å². The highest BCUT2D eigenvalue weighted by molar-refractivity contribution is 9.10. The minimum atomic E-state index is -0.879. The van der Waals surface area contributed by atoms with E-state index in [0.29, 0.717) is 11.3 Å². The number of hydrogen-bond acceptors (Lipinski definition) is 5. The van der Waals surface area contributed by atoms with Gasteiger partial charge in [-0.25, -0.2) is 5.43 Å². The van der Waals surface area contributed by atoms with E-state index in [1.165, 1.54) is 6.21 Å². The molecule has 0 saturated heterocycles. The third-order valence-electron chi connectivity index (χ3n) is 4.21. The van der Waals surface area contributed by atoms with Crippen molar-refractivity contribution in [3.63, 3.8) is 0 Å². The van der Waals surface area contributed by atoms with E-state index in [1.807, 2.05) is 32.0 Å². The van der Waals surface area contributed by atoms with Gasteiger partial charge in [0.05, 0.1) is 6.21 Å². The molecule has 0 heterocycles. The van der Waals surface area contributed by atoms with Gasteiger partial charge >= 0.3 is 11.8 Å². The van der Waals surface area contributed by atoms with Crippen LogP contribution in [0.25, 0.3) is 0 Å². The normalized spacial score (nSPS) is 10.8. The summed E-state index contributed by atoms with van der Waals surface area (Å²) in [5.74, 6) is -1.57. The summed E-state index contributed by atoms with van der Waals surface area (Å²) < 4.78 is 6.39. The molecule has 164 valence electrons. The molecule has 2 rings (SSSR count). The first-order valence-electron chi connectivity index (χ1n) is 9.59. The van der Waals surface area contributed by atoms with Crippen LogP contribution in [0, 0.1) is 13.8 Å². The Morgan fingerprint density at radius 3 is 2.58 bits per heavy atom. The number of nitrogens with zero attached hydrogens (tertiary/aromatic N) is 1. The van der Waals surface area contributed by atoms with Crippen LogP contribution in [0.2, 0.25) is 0 Å². The lowest BCUT2D eigenvalue weighted by Crippen LogP contribution is -2.41. The maximum Gasteiger partial charge on any atom is 0.329 e. The third kappa shape index (κ3) is 7.53. The lowest BCUT2D eigenvalue weighted by atomic mass is 10.1. The number of halogens is 1. The molecule has 9 heteroatoms. The number of hydrazone groups is 1. The monoisotopic (exact) mass is 488 g/mol. The molecule has 0 aliphatic rings. The van der Waals surface area contributed by atoms with Crippen molar-refractivity contribution >= 4 is 45.6 Å². The Hall–Kier alpha value is -3.20. The Labute approximate surface area is 189 Å². The zero-order valence-corrected chi connectivity index (χ0v) is 19.4. The predicted molar refractivity (Wildman–Crippen MR) is 123 cm³/mol. The first kappa shape index (κ1) is 24.1. The second-order valence-electron chi connectivity index (χ2n) is 7.09. The highest BCUT2D eigenvalue weighted by atomic mass is 79.9. The molecule has 0 fully saturated rings. The highest BCUT2D eigenvalue weighted by Gasteiger charge is 2.13. The maximum atomic E-state index is 12.3. The average Bonchev–Trinajstić information content (AvgIpc) is 2.70. The van der Waals surface area contributed by atoms with Gasteiger partial charge in [-0.3, -0.25) is 14.4 Å². The number of carbonyl (C=O) groups excluding carboxylic acids is 3.